The van der Waals surface area contributed by atoms with Crippen LogP contribution in [-0.4, -0.2) is 11.8 Å². The Balaban J connectivity index is 1.52. The van der Waals surface area contributed by atoms with Crippen LogP contribution in [-0.2, 0) is 0 Å². The number of hydrogen-bond acceptors (Lipinski definition) is 5. The van der Waals surface area contributed by atoms with Gasteiger partial charge in [0, 0.05) is 17.1 Å². The first kappa shape index (κ1) is 21.2. The average Bonchev–Trinajstić information content (AvgIpc) is 3.19. The lowest BCUT2D eigenvalue weighted by Crippen LogP contribution is -2.18. The van der Waals surface area contributed by atoms with E-state index in [1.165, 1.54) is 0 Å². The van der Waals surface area contributed by atoms with Crippen molar-refractivity contribution < 1.29 is 18.4 Å². The lowest BCUT2D eigenvalue weighted by Gasteiger charge is -2.08. The molecule has 34 heavy (non-hydrogen) atoms. The summed E-state index contributed by atoms with van der Waals surface area (Å²) in [6.45, 7) is 3.82. The number of amides is 2. The molecule has 0 saturated carbocycles. The maximum absolute atomic E-state index is 13.1. The normalized spacial score (nSPS) is 11.0. The number of carbonyl (C=O) groups excluding carboxylic acids is 2. The summed E-state index contributed by atoms with van der Waals surface area (Å²) in [5, 5.41) is 6.42. The molecule has 2 aromatic heterocycles. The molecule has 7 nitrogen and oxygen atoms in total. The van der Waals surface area contributed by atoms with Crippen LogP contribution < -0.4 is 16.1 Å². The maximum Gasteiger partial charge on any atom is 0.293 e. The summed E-state index contributed by atoms with van der Waals surface area (Å²) < 4.78 is 11.5. The Morgan fingerprint density at radius 3 is 2.21 bits per heavy atom. The van der Waals surface area contributed by atoms with E-state index in [0.717, 1.165) is 17.2 Å². The number of benzene rings is 3. The molecule has 0 atom stereocenters. The van der Waals surface area contributed by atoms with Crippen LogP contribution in [0, 0.1) is 13.8 Å². The van der Waals surface area contributed by atoms with Gasteiger partial charge in [-0.2, -0.15) is 0 Å². The van der Waals surface area contributed by atoms with Gasteiger partial charge in [0.05, 0.1) is 5.39 Å². The molecule has 0 saturated heterocycles. The van der Waals surface area contributed by atoms with Gasteiger partial charge in [0.15, 0.2) is 11.2 Å². The smallest absolute Gasteiger partial charge is 0.293 e. The summed E-state index contributed by atoms with van der Waals surface area (Å²) in [4.78, 5) is 38.7. The second-order valence-electron chi connectivity index (χ2n) is 8.05. The van der Waals surface area contributed by atoms with E-state index in [-0.39, 0.29) is 22.6 Å². The molecule has 5 rings (SSSR count). The number of carbonyl (C=O) groups is 2. The highest BCUT2D eigenvalue weighted by molar-refractivity contribution is 6.16. The van der Waals surface area contributed by atoms with Gasteiger partial charge < -0.3 is 19.5 Å². The molecule has 0 aliphatic heterocycles. The van der Waals surface area contributed by atoms with Gasteiger partial charge in [0.2, 0.25) is 5.76 Å². The first-order valence-electron chi connectivity index (χ1n) is 10.6. The molecule has 0 bridgehead atoms. The van der Waals surface area contributed by atoms with Crippen LogP contribution in [0.15, 0.2) is 86.4 Å². The highest BCUT2D eigenvalue weighted by Gasteiger charge is 2.24. The van der Waals surface area contributed by atoms with E-state index in [0.29, 0.717) is 27.6 Å². The van der Waals surface area contributed by atoms with Crippen molar-refractivity contribution in [3.05, 3.63) is 106 Å². The van der Waals surface area contributed by atoms with Crippen LogP contribution in [0.1, 0.15) is 32.2 Å². The van der Waals surface area contributed by atoms with Gasteiger partial charge in [-0.3, -0.25) is 14.4 Å². The number of hydrogen-bond donors (Lipinski definition) is 2. The molecule has 0 radical (unpaired) electrons. The van der Waals surface area contributed by atoms with Gasteiger partial charge in [-0.25, -0.2) is 0 Å². The standard InChI is InChI=1S/C27H20N2O5/c1-15-7-10-17(11-8-15)28-27(32)25-24(18-5-3-4-6-21(18)34-25)29-26(31)23-14-20(30)19-13-16(2)9-12-22(19)33-23/h3-14H,1-2H3,(H,28,32)(H,29,31). The largest absolute Gasteiger partial charge is 0.451 e. The van der Waals surface area contributed by atoms with E-state index in [1.54, 1.807) is 54.6 Å². The second kappa shape index (κ2) is 8.37. The summed E-state index contributed by atoms with van der Waals surface area (Å²) in [7, 11) is 0. The van der Waals surface area contributed by atoms with Gasteiger partial charge in [-0.1, -0.05) is 41.5 Å². The molecular formula is C27H20N2O5. The maximum atomic E-state index is 13.1. The SMILES string of the molecule is Cc1ccc(NC(=O)c2oc3ccccc3c2NC(=O)c2cc(=O)c3cc(C)ccc3o2)cc1. The Morgan fingerprint density at radius 1 is 0.706 bits per heavy atom. The summed E-state index contributed by atoms with van der Waals surface area (Å²) in [5.74, 6) is -1.42. The van der Waals surface area contributed by atoms with E-state index >= 15 is 0 Å². The molecule has 5 aromatic rings. The summed E-state index contributed by atoms with van der Waals surface area (Å²) in [6, 6.07) is 20.6. The average molecular weight is 452 g/mol. The number of aryl methyl sites for hydroxylation is 2. The predicted molar refractivity (Wildman–Crippen MR) is 131 cm³/mol. The molecule has 2 N–H and O–H groups in total. The molecule has 2 heterocycles. The Hall–Kier alpha value is -4.65. The Labute approximate surface area is 194 Å². The van der Waals surface area contributed by atoms with E-state index in [2.05, 4.69) is 10.6 Å². The van der Waals surface area contributed by atoms with Crippen molar-refractivity contribution in [1.29, 1.82) is 0 Å². The fourth-order valence-corrected chi connectivity index (χ4v) is 3.71. The monoisotopic (exact) mass is 452 g/mol. The molecule has 0 fully saturated rings. The molecule has 2 amide bonds. The van der Waals surface area contributed by atoms with Crippen molar-refractivity contribution in [2.45, 2.75) is 13.8 Å². The molecular weight excluding hydrogens is 432 g/mol. The molecule has 3 aromatic carbocycles. The van der Waals surface area contributed by atoms with Crippen LogP contribution in [0.5, 0.6) is 0 Å². The van der Waals surface area contributed by atoms with Crippen LogP contribution in [0.3, 0.4) is 0 Å². The first-order valence-corrected chi connectivity index (χ1v) is 10.6. The summed E-state index contributed by atoms with van der Waals surface area (Å²) in [6.07, 6.45) is 0. The summed E-state index contributed by atoms with van der Waals surface area (Å²) >= 11 is 0. The zero-order chi connectivity index (χ0) is 23.8. The van der Waals surface area contributed by atoms with Crippen LogP contribution in [0.4, 0.5) is 11.4 Å². The Morgan fingerprint density at radius 2 is 1.41 bits per heavy atom. The third kappa shape index (κ3) is 3.95. The van der Waals surface area contributed by atoms with E-state index in [9.17, 15) is 14.4 Å². The van der Waals surface area contributed by atoms with Crippen molar-refractivity contribution in [2.24, 2.45) is 0 Å². The third-order valence-corrected chi connectivity index (χ3v) is 5.46. The number of para-hydroxylation sites is 1. The zero-order valence-corrected chi connectivity index (χ0v) is 18.5. The van der Waals surface area contributed by atoms with Gasteiger partial charge in [0.25, 0.3) is 11.8 Å². The Kier molecular flexibility index (Phi) is 5.22. The minimum atomic E-state index is -0.671. The van der Waals surface area contributed by atoms with Crippen molar-refractivity contribution >= 4 is 45.1 Å². The Bertz CT molecular complexity index is 1630. The molecule has 0 spiro atoms. The number of furan rings is 1. The minimum Gasteiger partial charge on any atom is -0.451 e. The first-order chi connectivity index (χ1) is 16.4. The van der Waals surface area contributed by atoms with Crippen molar-refractivity contribution in [2.75, 3.05) is 10.6 Å². The van der Waals surface area contributed by atoms with Crippen molar-refractivity contribution in [3.8, 4) is 0 Å². The van der Waals surface area contributed by atoms with Gasteiger partial charge in [-0.15, -0.1) is 0 Å². The topological polar surface area (TPSA) is 102 Å². The van der Waals surface area contributed by atoms with Gasteiger partial charge >= 0.3 is 0 Å². The van der Waals surface area contributed by atoms with E-state index in [4.69, 9.17) is 8.83 Å². The molecule has 0 aliphatic carbocycles. The van der Waals surface area contributed by atoms with Gasteiger partial charge in [-0.05, 0) is 50.2 Å². The predicted octanol–water partition coefficient (Wildman–Crippen LogP) is 5.66. The van der Waals surface area contributed by atoms with Crippen LogP contribution >= 0.6 is 0 Å². The number of fused-ring (bicyclic) bond motifs is 2. The minimum absolute atomic E-state index is 0.0612. The van der Waals surface area contributed by atoms with Crippen molar-refractivity contribution in [3.63, 3.8) is 0 Å². The second-order valence-corrected chi connectivity index (χ2v) is 8.05. The molecule has 0 unspecified atom stereocenters. The van der Waals surface area contributed by atoms with Crippen LogP contribution in [0.25, 0.3) is 21.9 Å². The van der Waals surface area contributed by atoms with Crippen molar-refractivity contribution in [1.82, 2.24) is 0 Å². The fourth-order valence-electron chi connectivity index (χ4n) is 3.71. The van der Waals surface area contributed by atoms with E-state index < -0.39 is 11.8 Å². The molecule has 0 aliphatic rings. The third-order valence-electron chi connectivity index (χ3n) is 5.46. The number of anilines is 2. The van der Waals surface area contributed by atoms with Crippen LogP contribution in [0.2, 0.25) is 0 Å². The molecule has 168 valence electrons. The number of nitrogens with one attached hydrogen (secondary N) is 2. The lowest BCUT2D eigenvalue weighted by atomic mass is 10.1. The van der Waals surface area contributed by atoms with E-state index in [1.807, 2.05) is 26.0 Å². The quantitative estimate of drug-likeness (QED) is 0.366. The summed E-state index contributed by atoms with van der Waals surface area (Å²) in [5.41, 5.74) is 3.15. The molecule has 7 heteroatoms. The lowest BCUT2D eigenvalue weighted by molar-refractivity contribution is 0.0996. The number of rotatable bonds is 4. The zero-order valence-electron chi connectivity index (χ0n) is 18.5. The highest BCUT2D eigenvalue weighted by Crippen LogP contribution is 2.32. The fraction of sp³-hybridized carbons (Fsp3) is 0.0741. The highest BCUT2D eigenvalue weighted by atomic mass is 16.4. The van der Waals surface area contributed by atoms with Gasteiger partial charge in [0.1, 0.15) is 16.9 Å².